The highest BCUT2D eigenvalue weighted by Gasteiger charge is 2.18. The number of aryl methyl sites for hydroxylation is 2. The zero-order valence-electron chi connectivity index (χ0n) is 17.0. The predicted octanol–water partition coefficient (Wildman–Crippen LogP) is 4.06. The van der Waals surface area contributed by atoms with Gasteiger partial charge >= 0.3 is 0 Å². The zero-order chi connectivity index (χ0) is 21.7. The maximum absolute atomic E-state index is 12.6. The van der Waals surface area contributed by atoms with Crippen molar-refractivity contribution in [2.24, 2.45) is 0 Å². The van der Waals surface area contributed by atoms with Gasteiger partial charge in [-0.3, -0.25) is 14.3 Å². The molecule has 0 fully saturated rings. The van der Waals surface area contributed by atoms with Crippen LogP contribution >= 0.6 is 11.6 Å². The third-order valence-corrected chi connectivity index (χ3v) is 4.95. The van der Waals surface area contributed by atoms with E-state index in [0.29, 0.717) is 29.4 Å². The Bertz CT molecular complexity index is 1060. The van der Waals surface area contributed by atoms with Crippen LogP contribution in [-0.4, -0.2) is 28.6 Å². The Labute approximate surface area is 180 Å². The van der Waals surface area contributed by atoms with Crippen LogP contribution in [0.1, 0.15) is 38.9 Å². The minimum atomic E-state index is -0.359. The van der Waals surface area contributed by atoms with E-state index in [0.717, 1.165) is 16.9 Å². The summed E-state index contributed by atoms with van der Waals surface area (Å²) >= 11 is 6.03. The topological polar surface area (TPSA) is 85.2 Å². The molecule has 0 unspecified atom stereocenters. The Hall–Kier alpha value is -3.32. The maximum Gasteiger partial charge on any atom is 0.273 e. The summed E-state index contributed by atoms with van der Waals surface area (Å²) in [4.78, 5) is 24.6. The molecule has 0 aliphatic rings. The van der Waals surface area contributed by atoms with Crippen molar-refractivity contribution in [2.45, 2.75) is 27.0 Å². The van der Waals surface area contributed by atoms with E-state index in [9.17, 15) is 9.59 Å². The lowest BCUT2D eigenvalue weighted by Crippen LogP contribution is -2.21. The van der Waals surface area contributed by atoms with Gasteiger partial charge in [-0.25, -0.2) is 0 Å². The first-order chi connectivity index (χ1) is 14.4. The van der Waals surface area contributed by atoms with Crippen molar-refractivity contribution >= 4 is 29.1 Å². The van der Waals surface area contributed by atoms with E-state index in [-0.39, 0.29) is 17.5 Å². The first-order valence-corrected chi connectivity index (χ1v) is 9.87. The number of hydrogen-bond donors (Lipinski definition) is 2. The number of halogens is 1. The SMILES string of the molecule is CCn1cc(NC(=O)c2ccc(COc3ccc(Cl)c(C)c3)cc2)c(C(=O)NC)n1. The number of nitrogens with zero attached hydrogens (tertiary/aromatic N) is 2. The van der Waals surface area contributed by atoms with Crippen LogP contribution in [0.2, 0.25) is 5.02 Å². The van der Waals surface area contributed by atoms with Gasteiger partial charge in [0.1, 0.15) is 12.4 Å². The van der Waals surface area contributed by atoms with Crippen LogP contribution in [0.25, 0.3) is 0 Å². The first kappa shape index (κ1) is 21.4. The molecule has 0 saturated carbocycles. The number of ether oxygens (including phenoxy) is 1. The molecule has 8 heteroatoms. The molecule has 2 aromatic carbocycles. The Kier molecular flexibility index (Phi) is 6.74. The number of aromatic nitrogens is 2. The van der Waals surface area contributed by atoms with Gasteiger partial charge in [-0.05, 0) is 55.3 Å². The predicted molar refractivity (Wildman–Crippen MR) is 116 cm³/mol. The van der Waals surface area contributed by atoms with Gasteiger partial charge in [0.05, 0.1) is 5.69 Å². The van der Waals surface area contributed by atoms with Crippen LogP contribution in [0.3, 0.4) is 0 Å². The normalized spacial score (nSPS) is 10.5. The molecular weight excluding hydrogens is 404 g/mol. The van der Waals surface area contributed by atoms with Crippen molar-refractivity contribution in [2.75, 3.05) is 12.4 Å². The quantitative estimate of drug-likeness (QED) is 0.596. The van der Waals surface area contributed by atoms with Gasteiger partial charge in [-0.2, -0.15) is 5.10 Å². The monoisotopic (exact) mass is 426 g/mol. The second kappa shape index (κ2) is 9.45. The summed E-state index contributed by atoms with van der Waals surface area (Å²) < 4.78 is 7.38. The average Bonchev–Trinajstić information content (AvgIpc) is 3.17. The number of carbonyl (C=O) groups excluding carboxylic acids is 2. The molecule has 0 atom stereocenters. The van der Waals surface area contributed by atoms with E-state index in [1.54, 1.807) is 29.1 Å². The Morgan fingerprint density at radius 1 is 1.13 bits per heavy atom. The molecule has 0 radical (unpaired) electrons. The summed E-state index contributed by atoms with van der Waals surface area (Å²) in [5, 5.41) is 10.2. The van der Waals surface area contributed by atoms with Crippen molar-refractivity contribution in [1.82, 2.24) is 15.1 Å². The molecule has 1 aromatic heterocycles. The van der Waals surface area contributed by atoms with E-state index >= 15 is 0 Å². The number of carbonyl (C=O) groups is 2. The van der Waals surface area contributed by atoms with E-state index in [2.05, 4.69) is 15.7 Å². The van der Waals surface area contributed by atoms with Gasteiger partial charge in [0.15, 0.2) is 5.69 Å². The van der Waals surface area contributed by atoms with Crippen molar-refractivity contribution in [1.29, 1.82) is 0 Å². The molecule has 2 N–H and O–H groups in total. The summed E-state index contributed by atoms with van der Waals surface area (Å²) in [5.74, 6) is 0.0485. The molecule has 2 amide bonds. The van der Waals surface area contributed by atoms with Gasteiger partial charge in [0, 0.05) is 30.4 Å². The molecule has 0 saturated heterocycles. The summed E-state index contributed by atoms with van der Waals surface area (Å²) in [6.45, 7) is 4.77. The van der Waals surface area contributed by atoms with Crippen LogP contribution in [-0.2, 0) is 13.2 Å². The Balaban J connectivity index is 1.66. The largest absolute Gasteiger partial charge is 0.489 e. The molecule has 7 nitrogen and oxygen atoms in total. The molecule has 3 aromatic rings. The molecule has 30 heavy (non-hydrogen) atoms. The third kappa shape index (κ3) is 4.99. The number of benzene rings is 2. The number of rotatable bonds is 7. The van der Waals surface area contributed by atoms with Gasteiger partial charge < -0.3 is 15.4 Å². The smallest absolute Gasteiger partial charge is 0.273 e. The second-order valence-electron chi connectivity index (χ2n) is 6.68. The van der Waals surface area contributed by atoms with Crippen LogP contribution in [0, 0.1) is 6.92 Å². The highest BCUT2D eigenvalue weighted by Crippen LogP contribution is 2.22. The van der Waals surface area contributed by atoms with Crippen molar-refractivity contribution in [3.8, 4) is 5.75 Å². The molecule has 3 rings (SSSR count). The molecular formula is C22H23ClN4O3. The standard InChI is InChI=1S/C22H23ClN4O3/c1-4-27-12-19(20(26-27)22(29)24-3)25-21(28)16-7-5-15(6-8-16)13-30-17-9-10-18(23)14(2)11-17/h5-12H,4,13H2,1-3H3,(H,24,29)(H,25,28). The molecule has 0 aliphatic carbocycles. The number of anilines is 1. The molecule has 1 heterocycles. The maximum atomic E-state index is 12.6. The number of amides is 2. The third-order valence-electron chi connectivity index (χ3n) is 4.53. The van der Waals surface area contributed by atoms with Crippen molar-refractivity contribution in [3.05, 3.63) is 76.1 Å². The molecule has 0 spiro atoms. The van der Waals surface area contributed by atoms with Crippen LogP contribution in [0.5, 0.6) is 5.75 Å². The first-order valence-electron chi connectivity index (χ1n) is 9.50. The Morgan fingerprint density at radius 2 is 1.87 bits per heavy atom. The Morgan fingerprint density at radius 3 is 2.50 bits per heavy atom. The number of hydrogen-bond acceptors (Lipinski definition) is 4. The van der Waals surface area contributed by atoms with Crippen molar-refractivity contribution < 1.29 is 14.3 Å². The molecule has 156 valence electrons. The summed E-state index contributed by atoms with van der Waals surface area (Å²) in [6.07, 6.45) is 1.64. The summed E-state index contributed by atoms with van der Waals surface area (Å²) in [5.41, 5.74) is 2.88. The molecule has 0 aliphatic heterocycles. The van der Waals surface area contributed by atoms with Gasteiger partial charge in [-0.15, -0.1) is 0 Å². The fraction of sp³-hybridized carbons (Fsp3) is 0.227. The highest BCUT2D eigenvalue weighted by molar-refractivity contribution is 6.31. The van der Waals surface area contributed by atoms with Crippen LogP contribution in [0.4, 0.5) is 5.69 Å². The van der Waals surface area contributed by atoms with Crippen LogP contribution in [0.15, 0.2) is 48.7 Å². The zero-order valence-corrected chi connectivity index (χ0v) is 17.8. The van der Waals surface area contributed by atoms with Crippen LogP contribution < -0.4 is 15.4 Å². The summed E-state index contributed by atoms with van der Waals surface area (Å²) in [7, 11) is 1.52. The number of nitrogens with one attached hydrogen (secondary N) is 2. The van der Waals surface area contributed by atoms with E-state index < -0.39 is 0 Å². The average molecular weight is 427 g/mol. The lowest BCUT2D eigenvalue weighted by atomic mass is 10.1. The van der Waals surface area contributed by atoms with Gasteiger partial charge in [0.2, 0.25) is 0 Å². The van der Waals surface area contributed by atoms with E-state index in [1.165, 1.54) is 7.05 Å². The van der Waals surface area contributed by atoms with Gasteiger partial charge in [0.25, 0.3) is 11.8 Å². The highest BCUT2D eigenvalue weighted by atomic mass is 35.5. The minimum Gasteiger partial charge on any atom is -0.489 e. The van der Waals surface area contributed by atoms with Gasteiger partial charge in [-0.1, -0.05) is 23.7 Å². The van der Waals surface area contributed by atoms with E-state index in [1.807, 2.05) is 38.1 Å². The fourth-order valence-electron chi connectivity index (χ4n) is 2.78. The van der Waals surface area contributed by atoms with Crippen molar-refractivity contribution in [3.63, 3.8) is 0 Å². The summed E-state index contributed by atoms with van der Waals surface area (Å²) in [6, 6.07) is 12.6. The lowest BCUT2D eigenvalue weighted by molar-refractivity contribution is 0.0958. The lowest BCUT2D eigenvalue weighted by Gasteiger charge is -2.09. The van der Waals surface area contributed by atoms with E-state index in [4.69, 9.17) is 16.3 Å². The fourth-order valence-corrected chi connectivity index (χ4v) is 2.90. The second-order valence-corrected chi connectivity index (χ2v) is 7.08. The minimum absolute atomic E-state index is 0.177. The molecule has 0 bridgehead atoms.